The van der Waals surface area contributed by atoms with Crippen molar-refractivity contribution in [2.75, 3.05) is 0 Å². The summed E-state index contributed by atoms with van der Waals surface area (Å²) in [6.45, 7) is 1.82. The van der Waals surface area contributed by atoms with Crippen LogP contribution in [0.25, 0.3) is 5.65 Å². The summed E-state index contributed by atoms with van der Waals surface area (Å²) in [6, 6.07) is 3.08. The van der Waals surface area contributed by atoms with Crippen molar-refractivity contribution in [2.24, 2.45) is 23.2 Å². The Morgan fingerprint density at radius 3 is 2.52 bits per heavy atom. The second kappa shape index (κ2) is 5.19. The molecule has 0 unspecified atom stereocenters. The minimum atomic E-state index is -0.293. The molecule has 0 saturated heterocycles. The highest BCUT2D eigenvalue weighted by Gasteiger charge is 2.55. The Morgan fingerprint density at radius 2 is 1.88 bits per heavy atom. The summed E-state index contributed by atoms with van der Waals surface area (Å²) in [4.78, 5) is 29.3. The molecule has 2 heterocycles. The molecule has 4 aliphatic rings. The Balaban J connectivity index is 1.34. The van der Waals surface area contributed by atoms with E-state index in [0.717, 1.165) is 23.8 Å². The first-order chi connectivity index (χ1) is 12.0. The number of aromatic nitrogens is 2. The molecule has 4 bridgehead atoms. The number of nitrogens with zero attached hydrogens (tertiary/aromatic N) is 2. The number of carbonyl (C=O) groups is 1. The van der Waals surface area contributed by atoms with E-state index in [1.54, 1.807) is 13.0 Å². The van der Waals surface area contributed by atoms with E-state index in [1.807, 2.05) is 0 Å². The standard InChI is InChI=1S/C19H22N2O4/c1-11-2-16-20-15(6-17(22)21(16)25-11)10-24-18(23)19-7-12-3-13(8-19)5-14(4-12)9-19/h2,6,12-14H,3-5,7-10H2,1H3. The van der Waals surface area contributed by atoms with Crippen LogP contribution in [0.3, 0.4) is 0 Å². The van der Waals surface area contributed by atoms with Gasteiger partial charge in [-0.15, -0.1) is 4.57 Å². The van der Waals surface area contributed by atoms with Gasteiger partial charge in [0.15, 0.2) is 5.65 Å². The van der Waals surface area contributed by atoms with E-state index in [9.17, 15) is 9.59 Å². The van der Waals surface area contributed by atoms with Crippen molar-refractivity contribution < 1.29 is 14.1 Å². The smallest absolute Gasteiger partial charge is 0.312 e. The number of fused-ring (bicyclic) bond motifs is 1. The predicted molar refractivity (Wildman–Crippen MR) is 88.9 cm³/mol. The van der Waals surface area contributed by atoms with E-state index >= 15 is 0 Å². The molecule has 25 heavy (non-hydrogen) atoms. The molecule has 4 saturated carbocycles. The first-order valence-electron chi connectivity index (χ1n) is 9.18. The molecule has 6 heteroatoms. The van der Waals surface area contributed by atoms with Crippen LogP contribution < -0.4 is 5.56 Å². The minimum absolute atomic E-state index is 0.0521. The fraction of sp³-hybridized carbons (Fsp3) is 0.632. The highest BCUT2D eigenvalue weighted by atomic mass is 16.5. The molecule has 0 aliphatic heterocycles. The molecule has 0 spiro atoms. The van der Waals surface area contributed by atoms with Gasteiger partial charge in [0, 0.05) is 12.1 Å². The summed E-state index contributed by atoms with van der Waals surface area (Å²) in [5, 5.41) is 0. The lowest BCUT2D eigenvalue weighted by atomic mass is 9.49. The van der Waals surface area contributed by atoms with Crippen molar-refractivity contribution in [3.63, 3.8) is 0 Å². The molecule has 0 aromatic carbocycles. The second-order valence-corrected chi connectivity index (χ2v) is 8.36. The Morgan fingerprint density at radius 1 is 1.24 bits per heavy atom. The van der Waals surface area contributed by atoms with Crippen LogP contribution in [0.1, 0.15) is 50.0 Å². The number of carbonyl (C=O) groups excluding carboxylic acids is 1. The minimum Gasteiger partial charge on any atom is -0.459 e. The van der Waals surface area contributed by atoms with Crippen molar-refractivity contribution in [1.82, 2.24) is 9.56 Å². The number of rotatable bonds is 3. The van der Waals surface area contributed by atoms with Gasteiger partial charge in [-0.2, -0.15) is 0 Å². The van der Waals surface area contributed by atoms with Gasteiger partial charge in [-0.3, -0.25) is 9.59 Å². The quantitative estimate of drug-likeness (QED) is 0.802. The fourth-order valence-electron chi connectivity index (χ4n) is 5.80. The average Bonchev–Trinajstić information content (AvgIpc) is 2.92. The first-order valence-corrected chi connectivity index (χ1v) is 9.18. The molecule has 6 rings (SSSR count). The van der Waals surface area contributed by atoms with Gasteiger partial charge < -0.3 is 9.26 Å². The molecule has 4 fully saturated rings. The molecule has 0 radical (unpaired) electrons. The van der Waals surface area contributed by atoms with E-state index in [2.05, 4.69) is 4.98 Å². The van der Waals surface area contributed by atoms with Crippen LogP contribution in [0.4, 0.5) is 0 Å². The van der Waals surface area contributed by atoms with E-state index in [4.69, 9.17) is 9.26 Å². The molecular weight excluding hydrogens is 320 g/mol. The fourth-order valence-corrected chi connectivity index (χ4v) is 5.80. The summed E-state index contributed by atoms with van der Waals surface area (Å²) < 4.78 is 12.1. The van der Waals surface area contributed by atoms with Gasteiger partial charge >= 0.3 is 5.97 Å². The van der Waals surface area contributed by atoms with Gasteiger partial charge in [0.25, 0.3) is 5.56 Å². The number of hydrogen-bond donors (Lipinski definition) is 0. The van der Waals surface area contributed by atoms with Gasteiger partial charge in [-0.05, 0) is 63.2 Å². The van der Waals surface area contributed by atoms with Crippen molar-refractivity contribution >= 4 is 11.6 Å². The number of aryl methyl sites for hydroxylation is 1. The monoisotopic (exact) mass is 342 g/mol. The van der Waals surface area contributed by atoms with Crippen molar-refractivity contribution in [1.29, 1.82) is 0 Å². The van der Waals surface area contributed by atoms with Gasteiger partial charge in [-0.25, -0.2) is 4.98 Å². The van der Waals surface area contributed by atoms with Gasteiger partial charge in [-0.1, -0.05) is 0 Å². The molecule has 2 aromatic heterocycles. The second-order valence-electron chi connectivity index (χ2n) is 8.36. The van der Waals surface area contributed by atoms with Crippen LogP contribution in [-0.2, 0) is 16.1 Å². The Hall–Kier alpha value is -2.11. The van der Waals surface area contributed by atoms with Crippen molar-refractivity contribution in [3.8, 4) is 0 Å². The van der Waals surface area contributed by atoms with E-state index < -0.39 is 0 Å². The van der Waals surface area contributed by atoms with Crippen molar-refractivity contribution in [3.05, 3.63) is 33.9 Å². The zero-order valence-electron chi connectivity index (χ0n) is 14.4. The van der Waals surface area contributed by atoms with Crippen LogP contribution in [0.15, 0.2) is 21.5 Å². The lowest BCUT2D eigenvalue weighted by Crippen LogP contribution is -2.50. The maximum Gasteiger partial charge on any atom is 0.312 e. The van der Waals surface area contributed by atoms with Crippen LogP contribution in [0.5, 0.6) is 0 Å². The average molecular weight is 342 g/mol. The SMILES string of the molecule is Cc1cc2nc(COC(=O)C34CC5CC(CC(C5)C3)C4)cc(=O)n2o1. The largest absolute Gasteiger partial charge is 0.459 e. The summed E-state index contributed by atoms with van der Waals surface area (Å²) in [5.74, 6) is 2.63. The van der Waals surface area contributed by atoms with Crippen molar-refractivity contribution in [2.45, 2.75) is 52.1 Å². The molecule has 2 aromatic rings. The third-order valence-electron chi connectivity index (χ3n) is 6.35. The van der Waals surface area contributed by atoms with Crippen LogP contribution in [0, 0.1) is 30.1 Å². The molecule has 0 atom stereocenters. The van der Waals surface area contributed by atoms with Gasteiger partial charge in [0.2, 0.25) is 0 Å². The van der Waals surface area contributed by atoms with Crippen LogP contribution in [-0.4, -0.2) is 15.5 Å². The molecule has 6 nitrogen and oxygen atoms in total. The lowest BCUT2D eigenvalue weighted by molar-refractivity contribution is -0.173. The highest BCUT2D eigenvalue weighted by molar-refractivity contribution is 5.77. The maximum atomic E-state index is 12.9. The van der Waals surface area contributed by atoms with E-state index in [1.165, 1.54) is 25.3 Å². The van der Waals surface area contributed by atoms with Gasteiger partial charge in [0.05, 0.1) is 11.1 Å². The third-order valence-corrected chi connectivity index (χ3v) is 6.35. The third kappa shape index (κ3) is 2.41. The number of hydrogen-bond acceptors (Lipinski definition) is 5. The van der Waals surface area contributed by atoms with Crippen LogP contribution in [0.2, 0.25) is 0 Å². The molecular formula is C19H22N2O4. The van der Waals surface area contributed by atoms with Gasteiger partial charge in [0.1, 0.15) is 12.4 Å². The number of esters is 1. The Labute approximate surface area is 145 Å². The summed E-state index contributed by atoms with van der Waals surface area (Å²) in [7, 11) is 0. The highest BCUT2D eigenvalue weighted by Crippen LogP contribution is 2.60. The van der Waals surface area contributed by atoms with E-state index in [-0.39, 0.29) is 23.6 Å². The zero-order valence-corrected chi connectivity index (χ0v) is 14.4. The molecule has 132 valence electrons. The molecule has 0 amide bonds. The topological polar surface area (TPSA) is 73.8 Å². The first kappa shape index (κ1) is 15.2. The van der Waals surface area contributed by atoms with E-state index in [0.29, 0.717) is 34.9 Å². The predicted octanol–water partition coefficient (Wildman–Crippen LogP) is 2.86. The zero-order chi connectivity index (χ0) is 17.2. The molecule has 0 N–H and O–H groups in total. The summed E-state index contributed by atoms with van der Waals surface area (Å²) in [6.07, 6.45) is 6.82. The summed E-state index contributed by atoms with van der Waals surface area (Å²) >= 11 is 0. The normalized spacial score (nSPS) is 33.1. The Kier molecular flexibility index (Phi) is 3.15. The summed E-state index contributed by atoms with van der Waals surface area (Å²) in [5.41, 5.74) is 0.355. The Bertz CT molecular complexity index is 874. The lowest BCUT2D eigenvalue weighted by Gasteiger charge is -2.55. The maximum absolute atomic E-state index is 12.9. The molecule has 4 aliphatic carbocycles. The van der Waals surface area contributed by atoms with Crippen LogP contribution >= 0.6 is 0 Å². The number of ether oxygens (including phenoxy) is 1.